The van der Waals surface area contributed by atoms with Crippen molar-refractivity contribution < 1.29 is 10.0 Å². The summed E-state index contributed by atoms with van der Waals surface area (Å²) in [5.41, 5.74) is 0.771. The molecule has 0 spiro atoms. The molecular weight excluding hydrogens is 309 g/mol. The summed E-state index contributed by atoms with van der Waals surface area (Å²) in [4.78, 5) is 10.1. The van der Waals surface area contributed by atoms with Crippen LogP contribution in [0.1, 0.15) is 11.7 Å². The van der Waals surface area contributed by atoms with Gasteiger partial charge in [0.15, 0.2) is 0 Å². The van der Waals surface area contributed by atoms with Crippen LogP contribution < -0.4 is 4.46 Å². The first-order valence-electron chi connectivity index (χ1n) is 5.77. The van der Waals surface area contributed by atoms with Crippen molar-refractivity contribution >= 4 is 25.1 Å². The summed E-state index contributed by atoms with van der Waals surface area (Å²) in [7, 11) is 0. The molecule has 0 aliphatic carbocycles. The number of rotatable bonds is 5. The maximum absolute atomic E-state index is 10.5. The Morgan fingerprint density at radius 2 is 1.74 bits per heavy atom. The van der Waals surface area contributed by atoms with E-state index in [0.29, 0.717) is 5.32 Å². The first kappa shape index (κ1) is 13.7. The van der Waals surface area contributed by atoms with Crippen molar-refractivity contribution in [3.63, 3.8) is 0 Å². The summed E-state index contributed by atoms with van der Waals surface area (Å²) in [5.74, 6) is 0. The second-order valence-corrected chi connectivity index (χ2v) is 6.28. The van der Waals surface area contributed by atoms with Gasteiger partial charge < -0.3 is 0 Å². The minimum atomic E-state index is -0.569. The molecule has 98 valence electrons. The molecule has 0 radical (unpaired) electrons. The summed E-state index contributed by atoms with van der Waals surface area (Å²) >= 11 is 0.197. The average molecular weight is 322 g/mol. The Morgan fingerprint density at radius 1 is 1.11 bits per heavy atom. The zero-order valence-electron chi connectivity index (χ0n) is 10.1. The number of nitro benzene ring substituents is 1. The van der Waals surface area contributed by atoms with E-state index in [1.165, 1.54) is 16.6 Å². The zero-order valence-corrected chi connectivity index (χ0v) is 11.8. The van der Waals surface area contributed by atoms with E-state index in [1.54, 1.807) is 12.1 Å². The van der Waals surface area contributed by atoms with Crippen molar-refractivity contribution in [2.24, 2.45) is 0 Å². The monoisotopic (exact) mass is 323 g/mol. The van der Waals surface area contributed by atoms with Crippen LogP contribution in [0, 0.1) is 10.1 Å². The number of nitro groups is 1. The fraction of sp³-hybridized carbons (Fsp3) is 0.143. The predicted molar refractivity (Wildman–Crippen MR) is 74.7 cm³/mol. The average Bonchev–Trinajstić information content (AvgIpc) is 2.46. The summed E-state index contributed by atoms with van der Waals surface area (Å²) in [5, 5.41) is 21.3. The summed E-state index contributed by atoms with van der Waals surface area (Å²) < 4.78 is 1.23. The van der Waals surface area contributed by atoms with E-state index >= 15 is 0 Å². The third-order valence-corrected chi connectivity index (χ3v) is 4.92. The van der Waals surface area contributed by atoms with Gasteiger partial charge in [-0.3, -0.25) is 0 Å². The van der Waals surface area contributed by atoms with E-state index in [1.807, 2.05) is 30.3 Å². The fourth-order valence-corrected chi connectivity index (χ4v) is 3.48. The van der Waals surface area contributed by atoms with E-state index in [2.05, 4.69) is 0 Å². The molecule has 1 unspecified atom stereocenters. The van der Waals surface area contributed by atoms with Gasteiger partial charge in [0.1, 0.15) is 0 Å². The van der Waals surface area contributed by atoms with Gasteiger partial charge in [-0.25, -0.2) is 0 Å². The molecule has 0 fully saturated rings. The normalized spacial score (nSPS) is 12.1. The van der Waals surface area contributed by atoms with Crippen molar-refractivity contribution in [2.75, 3.05) is 0 Å². The summed E-state index contributed by atoms with van der Waals surface area (Å²) in [6, 6.07) is 16.1. The Kier molecular flexibility index (Phi) is 4.68. The SMILES string of the molecule is O=[N+]([O-])c1ccc(C(O)C[Se]c2ccccc2)cc1. The second-order valence-electron chi connectivity index (χ2n) is 3.99. The van der Waals surface area contributed by atoms with Crippen molar-refractivity contribution in [2.45, 2.75) is 11.4 Å². The van der Waals surface area contributed by atoms with Crippen LogP contribution >= 0.6 is 0 Å². The first-order valence-corrected chi connectivity index (χ1v) is 7.84. The van der Waals surface area contributed by atoms with E-state index in [9.17, 15) is 15.2 Å². The van der Waals surface area contributed by atoms with Crippen LogP contribution in [0.3, 0.4) is 0 Å². The molecule has 0 saturated heterocycles. The number of hydrogen-bond acceptors (Lipinski definition) is 3. The second kappa shape index (κ2) is 6.48. The molecule has 0 aliphatic rings. The third kappa shape index (κ3) is 3.89. The van der Waals surface area contributed by atoms with Gasteiger partial charge in [-0.05, 0) is 0 Å². The van der Waals surface area contributed by atoms with Crippen molar-refractivity contribution in [1.29, 1.82) is 0 Å². The van der Waals surface area contributed by atoms with E-state index in [0.717, 1.165) is 5.56 Å². The molecule has 2 aromatic rings. The summed E-state index contributed by atoms with van der Waals surface area (Å²) in [6.07, 6.45) is -0.569. The van der Waals surface area contributed by atoms with E-state index < -0.39 is 11.0 Å². The molecule has 2 rings (SSSR count). The Balaban J connectivity index is 1.96. The molecule has 4 nitrogen and oxygen atoms in total. The van der Waals surface area contributed by atoms with Gasteiger partial charge >= 0.3 is 117 Å². The molecule has 0 heterocycles. The zero-order chi connectivity index (χ0) is 13.7. The number of benzene rings is 2. The Morgan fingerprint density at radius 3 is 2.32 bits per heavy atom. The van der Waals surface area contributed by atoms with E-state index in [-0.39, 0.29) is 20.6 Å². The van der Waals surface area contributed by atoms with Crippen molar-refractivity contribution in [1.82, 2.24) is 0 Å². The predicted octanol–water partition coefficient (Wildman–Crippen LogP) is 2.08. The van der Waals surface area contributed by atoms with Gasteiger partial charge in [0, 0.05) is 0 Å². The Hall–Kier alpha value is -1.68. The van der Waals surface area contributed by atoms with Crippen LogP contribution in [0.2, 0.25) is 5.32 Å². The topological polar surface area (TPSA) is 63.4 Å². The number of aliphatic hydroxyl groups excluding tert-OH is 1. The van der Waals surface area contributed by atoms with Gasteiger partial charge in [0.05, 0.1) is 0 Å². The van der Waals surface area contributed by atoms with Crippen molar-refractivity contribution in [3.8, 4) is 0 Å². The maximum atomic E-state index is 10.5. The first-order chi connectivity index (χ1) is 9.16. The van der Waals surface area contributed by atoms with Crippen LogP contribution in [-0.4, -0.2) is 25.0 Å². The minimum absolute atomic E-state index is 0.0459. The molecule has 0 aliphatic heterocycles. The molecule has 2 aromatic carbocycles. The summed E-state index contributed by atoms with van der Waals surface area (Å²) in [6.45, 7) is 0. The molecule has 19 heavy (non-hydrogen) atoms. The van der Waals surface area contributed by atoms with Crippen molar-refractivity contribution in [3.05, 3.63) is 70.3 Å². The van der Waals surface area contributed by atoms with Crippen LogP contribution in [-0.2, 0) is 0 Å². The third-order valence-electron chi connectivity index (χ3n) is 2.64. The number of hydrogen-bond donors (Lipinski definition) is 1. The number of aliphatic hydroxyl groups is 1. The van der Waals surface area contributed by atoms with Crippen LogP contribution in [0.5, 0.6) is 0 Å². The number of non-ortho nitro benzene ring substituents is 1. The number of nitrogens with zero attached hydrogens (tertiary/aromatic N) is 1. The molecule has 1 N–H and O–H groups in total. The van der Waals surface area contributed by atoms with Gasteiger partial charge in [-0.1, -0.05) is 0 Å². The van der Waals surface area contributed by atoms with Gasteiger partial charge in [0.2, 0.25) is 0 Å². The van der Waals surface area contributed by atoms with E-state index in [4.69, 9.17) is 0 Å². The Labute approximate surface area is 117 Å². The van der Waals surface area contributed by atoms with Crippen LogP contribution in [0.25, 0.3) is 0 Å². The van der Waals surface area contributed by atoms with Gasteiger partial charge in [0.25, 0.3) is 0 Å². The van der Waals surface area contributed by atoms with Gasteiger partial charge in [-0.2, -0.15) is 0 Å². The van der Waals surface area contributed by atoms with Crippen LogP contribution in [0.15, 0.2) is 54.6 Å². The quantitative estimate of drug-likeness (QED) is 0.521. The molecule has 0 amide bonds. The molecule has 1 atom stereocenters. The Bertz CT molecular complexity index is 542. The molecule has 0 bridgehead atoms. The molecule has 5 heteroatoms. The molecule has 0 saturated carbocycles. The van der Waals surface area contributed by atoms with Crippen LogP contribution in [0.4, 0.5) is 5.69 Å². The molecule has 0 aromatic heterocycles. The van der Waals surface area contributed by atoms with Gasteiger partial charge in [-0.15, -0.1) is 0 Å². The molecular formula is C14H13NO3Se. The fourth-order valence-electron chi connectivity index (χ4n) is 1.61. The standard InChI is InChI=1S/C14H13NO3Se/c16-14(10-19-13-4-2-1-3-5-13)11-6-8-12(9-7-11)15(17)18/h1-9,14,16H,10H2.